The van der Waals surface area contributed by atoms with E-state index in [-0.39, 0.29) is 5.41 Å². The zero-order valence-electron chi connectivity index (χ0n) is 12.1. The van der Waals surface area contributed by atoms with Crippen molar-refractivity contribution in [1.29, 1.82) is 5.26 Å². The third-order valence-electron chi connectivity index (χ3n) is 3.35. The number of nitrogens with zero attached hydrogens (tertiary/aromatic N) is 1. The van der Waals surface area contributed by atoms with Crippen LogP contribution in [0.25, 0.3) is 0 Å². The summed E-state index contributed by atoms with van der Waals surface area (Å²) >= 11 is 1.86. The van der Waals surface area contributed by atoms with Crippen LogP contribution < -0.4 is 5.32 Å². The Morgan fingerprint density at radius 3 is 2.61 bits per heavy atom. The number of hydrogen-bond donors (Lipinski definition) is 1. The monoisotopic (exact) mass is 264 g/mol. The third-order valence-corrected chi connectivity index (χ3v) is 4.33. The van der Waals surface area contributed by atoms with Crippen LogP contribution in [0.2, 0.25) is 0 Å². The molecule has 1 aromatic rings. The van der Waals surface area contributed by atoms with Crippen molar-refractivity contribution in [3.8, 4) is 6.07 Å². The number of hydrogen-bond acceptors (Lipinski definition) is 3. The summed E-state index contributed by atoms with van der Waals surface area (Å²) in [5.41, 5.74) is 1.59. The van der Waals surface area contributed by atoms with E-state index in [1.165, 1.54) is 15.3 Å². The second-order valence-corrected chi connectivity index (χ2v) is 7.25. The van der Waals surface area contributed by atoms with Crippen LogP contribution in [0, 0.1) is 30.6 Å². The summed E-state index contributed by atoms with van der Waals surface area (Å²) < 4.78 is 0. The lowest BCUT2D eigenvalue weighted by Crippen LogP contribution is -2.31. The molecule has 1 N–H and O–H groups in total. The molecule has 0 bridgehead atoms. The van der Waals surface area contributed by atoms with Crippen molar-refractivity contribution in [2.45, 2.75) is 53.5 Å². The molecule has 3 heteroatoms. The van der Waals surface area contributed by atoms with Crippen molar-refractivity contribution >= 4 is 11.3 Å². The maximum atomic E-state index is 8.66. The minimum atomic E-state index is 0.183. The molecule has 0 saturated carbocycles. The fourth-order valence-corrected chi connectivity index (χ4v) is 3.12. The Bertz CT molecular complexity index is 426. The molecule has 0 fully saturated rings. The van der Waals surface area contributed by atoms with Gasteiger partial charge in [0.25, 0.3) is 0 Å². The topological polar surface area (TPSA) is 35.8 Å². The predicted molar refractivity (Wildman–Crippen MR) is 78.8 cm³/mol. The average molecular weight is 264 g/mol. The van der Waals surface area contributed by atoms with Crippen molar-refractivity contribution in [3.05, 3.63) is 21.4 Å². The summed E-state index contributed by atoms with van der Waals surface area (Å²) in [7, 11) is 0. The van der Waals surface area contributed by atoms with E-state index < -0.39 is 0 Å². The average Bonchev–Trinajstić information content (AvgIpc) is 2.63. The van der Waals surface area contributed by atoms with E-state index in [2.05, 4.69) is 52.1 Å². The summed E-state index contributed by atoms with van der Waals surface area (Å²) in [5, 5.41) is 12.3. The van der Waals surface area contributed by atoms with E-state index in [0.29, 0.717) is 12.5 Å². The lowest BCUT2D eigenvalue weighted by Gasteiger charge is -2.26. The molecule has 0 aliphatic heterocycles. The molecule has 0 aliphatic rings. The molecule has 1 aromatic heterocycles. The van der Waals surface area contributed by atoms with Gasteiger partial charge in [-0.05, 0) is 44.2 Å². The van der Waals surface area contributed by atoms with Crippen LogP contribution >= 0.6 is 11.3 Å². The van der Waals surface area contributed by atoms with Crippen LogP contribution in [0.4, 0.5) is 0 Å². The predicted octanol–water partition coefficient (Wildman–Crippen LogP) is 4.35. The minimum Gasteiger partial charge on any atom is -0.310 e. The summed E-state index contributed by atoms with van der Waals surface area (Å²) in [6.07, 6.45) is 1.59. The first kappa shape index (κ1) is 15.2. The molecule has 2 nitrogen and oxygen atoms in total. The molecule has 1 heterocycles. The van der Waals surface area contributed by atoms with Crippen molar-refractivity contribution in [1.82, 2.24) is 5.32 Å². The normalized spacial score (nSPS) is 13.3. The molecule has 100 valence electrons. The minimum absolute atomic E-state index is 0.183. The summed E-state index contributed by atoms with van der Waals surface area (Å²) in [6, 6.07) is 4.89. The van der Waals surface area contributed by atoms with Crippen LogP contribution in [0.5, 0.6) is 0 Å². The molecule has 0 aliphatic carbocycles. The zero-order valence-corrected chi connectivity index (χ0v) is 12.9. The van der Waals surface area contributed by atoms with Crippen molar-refractivity contribution in [3.63, 3.8) is 0 Å². The standard InChI is InChI=1S/C15H24N2S/c1-11-9-14(13(3)18-11)12(2)17-10-15(4,5)7-6-8-16/h9,12,17H,6-7,10H2,1-5H3. The van der Waals surface area contributed by atoms with Crippen LogP contribution in [0.15, 0.2) is 6.07 Å². The lowest BCUT2D eigenvalue weighted by molar-refractivity contribution is 0.304. The first-order valence-electron chi connectivity index (χ1n) is 6.53. The van der Waals surface area contributed by atoms with E-state index >= 15 is 0 Å². The first-order valence-corrected chi connectivity index (χ1v) is 7.34. The van der Waals surface area contributed by atoms with E-state index in [4.69, 9.17) is 5.26 Å². The number of nitriles is 1. The Balaban J connectivity index is 2.53. The molecule has 0 aromatic carbocycles. The summed E-state index contributed by atoms with van der Waals surface area (Å²) in [6.45, 7) is 11.9. The van der Waals surface area contributed by atoms with Gasteiger partial charge in [0.1, 0.15) is 0 Å². The first-order chi connectivity index (χ1) is 8.35. The third kappa shape index (κ3) is 4.44. The number of nitrogens with one attached hydrogen (secondary N) is 1. The lowest BCUT2D eigenvalue weighted by atomic mass is 9.87. The van der Waals surface area contributed by atoms with Gasteiger partial charge >= 0.3 is 0 Å². The van der Waals surface area contributed by atoms with Gasteiger partial charge < -0.3 is 5.32 Å². The van der Waals surface area contributed by atoms with Gasteiger partial charge in [0.05, 0.1) is 6.07 Å². The van der Waals surface area contributed by atoms with E-state index in [0.717, 1.165) is 13.0 Å². The van der Waals surface area contributed by atoms with Crippen LogP contribution in [-0.2, 0) is 0 Å². The maximum Gasteiger partial charge on any atom is 0.0621 e. The summed E-state index contributed by atoms with van der Waals surface area (Å²) in [5.74, 6) is 0. The van der Waals surface area contributed by atoms with Gasteiger partial charge in [0, 0.05) is 28.8 Å². The van der Waals surface area contributed by atoms with E-state index in [1.807, 2.05) is 11.3 Å². The number of aryl methyl sites for hydroxylation is 2. The highest BCUT2D eigenvalue weighted by Crippen LogP contribution is 2.27. The molecule has 1 unspecified atom stereocenters. The maximum absolute atomic E-state index is 8.66. The second-order valence-electron chi connectivity index (χ2n) is 5.79. The molecular formula is C15H24N2S. The molecule has 0 spiro atoms. The molecule has 0 amide bonds. The Morgan fingerprint density at radius 1 is 1.44 bits per heavy atom. The molecule has 1 atom stereocenters. The molecule has 1 rings (SSSR count). The quantitative estimate of drug-likeness (QED) is 0.829. The van der Waals surface area contributed by atoms with Gasteiger partial charge in [-0.15, -0.1) is 11.3 Å². The van der Waals surface area contributed by atoms with Gasteiger partial charge in [0.2, 0.25) is 0 Å². The smallest absolute Gasteiger partial charge is 0.0621 e. The van der Waals surface area contributed by atoms with Gasteiger partial charge in [-0.25, -0.2) is 0 Å². The van der Waals surface area contributed by atoms with Crippen LogP contribution in [0.1, 0.15) is 55.0 Å². The van der Waals surface area contributed by atoms with E-state index in [1.54, 1.807) is 0 Å². The molecular weight excluding hydrogens is 240 g/mol. The van der Waals surface area contributed by atoms with Crippen LogP contribution in [-0.4, -0.2) is 6.54 Å². The number of rotatable bonds is 6. The second kappa shape index (κ2) is 6.36. The SMILES string of the molecule is Cc1cc(C(C)NCC(C)(C)CCC#N)c(C)s1. The van der Waals surface area contributed by atoms with Gasteiger partial charge in [0.15, 0.2) is 0 Å². The highest BCUT2D eigenvalue weighted by molar-refractivity contribution is 7.12. The van der Waals surface area contributed by atoms with E-state index in [9.17, 15) is 0 Å². The fraction of sp³-hybridized carbons (Fsp3) is 0.667. The Hall–Kier alpha value is -0.850. The van der Waals surface area contributed by atoms with Gasteiger partial charge in [-0.1, -0.05) is 13.8 Å². The Kier molecular flexibility index (Phi) is 5.37. The van der Waals surface area contributed by atoms with Crippen molar-refractivity contribution < 1.29 is 0 Å². The Morgan fingerprint density at radius 2 is 2.11 bits per heavy atom. The molecule has 0 saturated heterocycles. The van der Waals surface area contributed by atoms with Crippen LogP contribution in [0.3, 0.4) is 0 Å². The largest absolute Gasteiger partial charge is 0.310 e. The fourth-order valence-electron chi connectivity index (χ4n) is 2.10. The summed E-state index contributed by atoms with van der Waals surface area (Å²) in [4.78, 5) is 2.78. The molecule has 18 heavy (non-hydrogen) atoms. The van der Waals surface area contributed by atoms with Gasteiger partial charge in [-0.2, -0.15) is 5.26 Å². The van der Waals surface area contributed by atoms with Crippen molar-refractivity contribution in [2.75, 3.05) is 6.54 Å². The number of thiophene rings is 1. The Labute approximate surface area is 115 Å². The highest BCUT2D eigenvalue weighted by atomic mass is 32.1. The zero-order chi connectivity index (χ0) is 13.8. The van der Waals surface area contributed by atoms with Gasteiger partial charge in [-0.3, -0.25) is 0 Å². The molecule has 0 radical (unpaired) electrons. The highest BCUT2D eigenvalue weighted by Gasteiger charge is 2.19. The van der Waals surface area contributed by atoms with Crippen molar-refractivity contribution in [2.24, 2.45) is 5.41 Å².